The number of nitrogens with one attached hydrogen (secondary N) is 1. The third-order valence-electron chi connectivity index (χ3n) is 5.30. The van der Waals surface area contributed by atoms with Gasteiger partial charge in [-0.15, -0.1) is 0 Å². The Bertz CT molecular complexity index is 284. The Morgan fingerprint density at radius 3 is 2.68 bits per heavy atom. The van der Waals surface area contributed by atoms with E-state index < -0.39 is 0 Å². The van der Waals surface area contributed by atoms with Crippen molar-refractivity contribution in [1.29, 1.82) is 0 Å². The zero-order chi connectivity index (χ0) is 13.9. The summed E-state index contributed by atoms with van der Waals surface area (Å²) in [5, 5.41) is 3.75. The molecule has 2 rings (SSSR count). The molecular formula is C16H32N2O. The van der Waals surface area contributed by atoms with E-state index in [1.54, 1.807) is 0 Å². The van der Waals surface area contributed by atoms with Gasteiger partial charge in [-0.05, 0) is 38.5 Å². The summed E-state index contributed by atoms with van der Waals surface area (Å²) in [7, 11) is 0. The minimum Gasteiger partial charge on any atom is -0.378 e. The fourth-order valence-corrected chi connectivity index (χ4v) is 3.63. The van der Waals surface area contributed by atoms with Gasteiger partial charge in [-0.3, -0.25) is 4.90 Å². The van der Waals surface area contributed by atoms with E-state index in [1.165, 1.54) is 38.8 Å². The molecule has 0 aromatic heterocycles. The number of piperazine rings is 1. The lowest BCUT2D eigenvalue weighted by Gasteiger charge is -2.47. The van der Waals surface area contributed by atoms with Crippen LogP contribution in [-0.4, -0.2) is 48.8 Å². The van der Waals surface area contributed by atoms with Gasteiger partial charge >= 0.3 is 0 Å². The minimum absolute atomic E-state index is 0.298. The van der Waals surface area contributed by atoms with Gasteiger partial charge in [0, 0.05) is 37.8 Å². The highest BCUT2D eigenvalue weighted by Crippen LogP contribution is 2.28. The summed E-state index contributed by atoms with van der Waals surface area (Å²) in [6.07, 6.45) is 5.37. The van der Waals surface area contributed by atoms with Crippen LogP contribution in [0, 0.1) is 5.92 Å². The van der Waals surface area contributed by atoms with E-state index >= 15 is 0 Å². The van der Waals surface area contributed by atoms with E-state index in [9.17, 15) is 0 Å². The fraction of sp³-hybridized carbons (Fsp3) is 1.00. The number of rotatable bonds is 5. The van der Waals surface area contributed by atoms with Crippen LogP contribution in [0.5, 0.6) is 0 Å². The van der Waals surface area contributed by atoms with Gasteiger partial charge in [-0.25, -0.2) is 0 Å². The zero-order valence-corrected chi connectivity index (χ0v) is 13.2. The second-order valence-corrected chi connectivity index (χ2v) is 6.65. The predicted octanol–water partition coefficient (Wildman–Crippen LogP) is 2.65. The molecule has 0 radical (unpaired) electrons. The van der Waals surface area contributed by atoms with Crippen molar-refractivity contribution in [2.75, 3.05) is 26.2 Å². The Labute approximate surface area is 119 Å². The lowest BCUT2D eigenvalue weighted by molar-refractivity contribution is 0.0385. The van der Waals surface area contributed by atoms with Crippen LogP contribution in [0.4, 0.5) is 0 Å². The Morgan fingerprint density at radius 1 is 1.26 bits per heavy atom. The standard InChI is InChI=1S/C16H32N2O/c1-5-14-10-17-16(4,7-3)12-18(14)11-13-8-9-19-15(13)6-2/h13-15,17H,5-12H2,1-4H3. The quantitative estimate of drug-likeness (QED) is 0.829. The van der Waals surface area contributed by atoms with Crippen molar-refractivity contribution in [1.82, 2.24) is 10.2 Å². The molecular weight excluding hydrogens is 236 g/mol. The third kappa shape index (κ3) is 3.50. The van der Waals surface area contributed by atoms with Gasteiger partial charge in [-0.2, -0.15) is 0 Å². The molecule has 19 heavy (non-hydrogen) atoms. The zero-order valence-electron chi connectivity index (χ0n) is 13.2. The van der Waals surface area contributed by atoms with Crippen molar-refractivity contribution in [2.24, 2.45) is 5.92 Å². The summed E-state index contributed by atoms with van der Waals surface area (Å²) in [5.74, 6) is 0.748. The molecule has 3 heteroatoms. The van der Waals surface area contributed by atoms with Gasteiger partial charge in [0.05, 0.1) is 6.10 Å². The molecule has 1 N–H and O–H groups in total. The first-order chi connectivity index (χ1) is 9.11. The molecule has 112 valence electrons. The topological polar surface area (TPSA) is 24.5 Å². The second kappa shape index (κ2) is 6.55. The van der Waals surface area contributed by atoms with Gasteiger partial charge in [0.2, 0.25) is 0 Å². The lowest BCUT2D eigenvalue weighted by Crippen LogP contribution is -2.63. The van der Waals surface area contributed by atoms with Crippen LogP contribution in [0.25, 0.3) is 0 Å². The van der Waals surface area contributed by atoms with E-state index in [0.717, 1.165) is 19.1 Å². The van der Waals surface area contributed by atoms with Gasteiger partial charge in [0.1, 0.15) is 0 Å². The first-order valence-corrected chi connectivity index (χ1v) is 8.22. The molecule has 2 heterocycles. The average molecular weight is 268 g/mol. The molecule has 4 unspecified atom stereocenters. The molecule has 2 aliphatic heterocycles. The highest BCUT2D eigenvalue weighted by molar-refractivity contribution is 4.95. The summed E-state index contributed by atoms with van der Waals surface area (Å²) < 4.78 is 5.86. The predicted molar refractivity (Wildman–Crippen MR) is 80.5 cm³/mol. The number of ether oxygens (including phenoxy) is 1. The van der Waals surface area contributed by atoms with E-state index in [1.807, 2.05) is 0 Å². The van der Waals surface area contributed by atoms with E-state index in [4.69, 9.17) is 4.74 Å². The molecule has 4 atom stereocenters. The molecule has 0 aliphatic carbocycles. The van der Waals surface area contributed by atoms with E-state index in [0.29, 0.717) is 17.7 Å². The Hall–Kier alpha value is -0.120. The van der Waals surface area contributed by atoms with E-state index in [2.05, 4.69) is 37.9 Å². The Balaban J connectivity index is 1.98. The Morgan fingerprint density at radius 2 is 2.05 bits per heavy atom. The number of nitrogens with zero attached hydrogens (tertiary/aromatic N) is 1. The summed E-state index contributed by atoms with van der Waals surface area (Å²) >= 11 is 0. The first-order valence-electron chi connectivity index (χ1n) is 8.22. The fourth-order valence-electron chi connectivity index (χ4n) is 3.63. The molecule has 0 spiro atoms. The molecule has 2 saturated heterocycles. The second-order valence-electron chi connectivity index (χ2n) is 6.65. The normalized spacial score (nSPS) is 40.7. The van der Waals surface area contributed by atoms with Crippen molar-refractivity contribution in [3.05, 3.63) is 0 Å². The van der Waals surface area contributed by atoms with Gasteiger partial charge in [0.15, 0.2) is 0 Å². The van der Waals surface area contributed by atoms with Crippen molar-refractivity contribution in [2.45, 2.75) is 71.1 Å². The maximum atomic E-state index is 5.86. The van der Waals surface area contributed by atoms with Crippen molar-refractivity contribution in [3.63, 3.8) is 0 Å². The molecule has 0 saturated carbocycles. The van der Waals surface area contributed by atoms with Gasteiger partial charge in [0.25, 0.3) is 0 Å². The molecule has 0 amide bonds. The smallest absolute Gasteiger partial charge is 0.0613 e. The van der Waals surface area contributed by atoms with Crippen LogP contribution in [-0.2, 0) is 4.74 Å². The first kappa shape index (κ1) is 15.3. The molecule has 0 aromatic rings. The largest absolute Gasteiger partial charge is 0.378 e. The maximum absolute atomic E-state index is 5.86. The van der Waals surface area contributed by atoms with Crippen LogP contribution in [0.15, 0.2) is 0 Å². The Kier molecular flexibility index (Phi) is 5.27. The number of hydrogen-bond acceptors (Lipinski definition) is 3. The molecule has 0 aromatic carbocycles. The van der Waals surface area contributed by atoms with Crippen LogP contribution in [0.1, 0.15) is 53.4 Å². The van der Waals surface area contributed by atoms with Gasteiger partial charge in [-0.1, -0.05) is 20.8 Å². The van der Waals surface area contributed by atoms with E-state index in [-0.39, 0.29) is 0 Å². The maximum Gasteiger partial charge on any atom is 0.0613 e. The third-order valence-corrected chi connectivity index (χ3v) is 5.30. The SMILES string of the molecule is CCC1OCCC1CN1CC(C)(CC)NCC1CC. The van der Waals surface area contributed by atoms with Crippen LogP contribution in [0.3, 0.4) is 0 Å². The van der Waals surface area contributed by atoms with Crippen molar-refractivity contribution >= 4 is 0 Å². The monoisotopic (exact) mass is 268 g/mol. The number of hydrogen-bond donors (Lipinski definition) is 1. The van der Waals surface area contributed by atoms with Crippen molar-refractivity contribution in [3.8, 4) is 0 Å². The molecule has 2 aliphatic rings. The summed E-state index contributed by atoms with van der Waals surface area (Å²) in [4.78, 5) is 2.74. The van der Waals surface area contributed by atoms with Gasteiger partial charge < -0.3 is 10.1 Å². The molecule has 2 fully saturated rings. The summed E-state index contributed by atoms with van der Waals surface area (Å²) in [5.41, 5.74) is 0.298. The van der Waals surface area contributed by atoms with Crippen LogP contribution in [0.2, 0.25) is 0 Å². The van der Waals surface area contributed by atoms with Crippen LogP contribution < -0.4 is 5.32 Å². The molecule has 0 bridgehead atoms. The van der Waals surface area contributed by atoms with Crippen molar-refractivity contribution < 1.29 is 4.74 Å². The lowest BCUT2D eigenvalue weighted by atomic mass is 9.90. The highest BCUT2D eigenvalue weighted by atomic mass is 16.5. The average Bonchev–Trinajstić information content (AvgIpc) is 2.86. The minimum atomic E-state index is 0.298. The highest BCUT2D eigenvalue weighted by Gasteiger charge is 2.37. The molecule has 3 nitrogen and oxygen atoms in total. The van der Waals surface area contributed by atoms with Crippen LogP contribution >= 0.6 is 0 Å². The summed E-state index contributed by atoms with van der Waals surface area (Å²) in [6, 6.07) is 0.706. The summed E-state index contributed by atoms with van der Waals surface area (Å²) in [6.45, 7) is 13.8.